The summed E-state index contributed by atoms with van der Waals surface area (Å²) in [6.07, 6.45) is 0.959. The summed E-state index contributed by atoms with van der Waals surface area (Å²) in [5, 5.41) is 2.89. The number of hydrogen-bond donors (Lipinski definition) is 2. The molecule has 0 saturated carbocycles. The molecule has 3 N–H and O–H groups in total. The van der Waals surface area contributed by atoms with Crippen molar-refractivity contribution in [3.8, 4) is 0 Å². The number of nitrogens with two attached hydrogens (primary N) is 1. The molecule has 0 aromatic heterocycles. The van der Waals surface area contributed by atoms with Gasteiger partial charge in [-0.15, -0.1) is 0 Å². The number of carbonyl (C=O) groups is 1. The molecule has 0 radical (unpaired) electrons. The predicted molar refractivity (Wildman–Crippen MR) is 76.6 cm³/mol. The van der Waals surface area contributed by atoms with E-state index in [1.54, 1.807) is 0 Å². The van der Waals surface area contributed by atoms with Crippen molar-refractivity contribution in [1.29, 1.82) is 0 Å². The summed E-state index contributed by atoms with van der Waals surface area (Å²) < 4.78 is 0. The number of carbonyl (C=O) groups excluding carboxylic acids is 1. The van der Waals surface area contributed by atoms with Gasteiger partial charge < -0.3 is 11.1 Å². The van der Waals surface area contributed by atoms with E-state index >= 15 is 0 Å². The molecule has 1 aromatic rings. The second-order valence-electron chi connectivity index (χ2n) is 5.83. The van der Waals surface area contributed by atoms with E-state index in [1.807, 2.05) is 39.0 Å². The van der Waals surface area contributed by atoms with Crippen LogP contribution in [0.4, 0.5) is 5.69 Å². The Hall–Kier alpha value is -1.35. The first-order chi connectivity index (χ1) is 8.25. The summed E-state index contributed by atoms with van der Waals surface area (Å²) in [4.78, 5) is 12.0. The van der Waals surface area contributed by atoms with E-state index < -0.39 is 6.04 Å². The molecule has 0 aliphatic heterocycles. The summed E-state index contributed by atoms with van der Waals surface area (Å²) in [6, 6.07) is 5.45. The summed E-state index contributed by atoms with van der Waals surface area (Å²) in [6.45, 7) is 10.1. The summed E-state index contributed by atoms with van der Waals surface area (Å²) >= 11 is 0. The van der Waals surface area contributed by atoms with Crippen molar-refractivity contribution in [3.63, 3.8) is 0 Å². The molecular formula is C15H24N2O. The van der Waals surface area contributed by atoms with E-state index in [4.69, 9.17) is 5.73 Å². The molecule has 0 fully saturated rings. The van der Waals surface area contributed by atoms with Crippen molar-refractivity contribution in [1.82, 2.24) is 0 Å². The lowest BCUT2D eigenvalue weighted by Gasteiger charge is -2.26. The molecule has 18 heavy (non-hydrogen) atoms. The van der Waals surface area contributed by atoms with Crippen LogP contribution in [0.15, 0.2) is 18.2 Å². The molecule has 100 valence electrons. The number of hydrogen-bond acceptors (Lipinski definition) is 2. The average Bonchev–Trinajstić information content (AvgIpc) is 2.29. The fourth-order valence-corrected chi connectivity index (χ4v) is 1.74. The van der Waals surface area contributed by atoms with Gasteiger partial charge in [0.05, 0.1) is 6.04 Å². The Morgan fingerprint density at radius 3 is 2.50 bits per heavy atom. The fraction of sp³-hybridized carbons (Fsp3) is 0.533. The van der Waals surface area contributed by atoms with Crippen LogP contribution in [0.3, 0.4) is 0 Å². The van der Waals surface area contributed by atoms with Gasteiger partial charge in [-0.05, 0) is 42.0 Å². The van der Waals surface area contributed by atoms with Gasteiger partial charge in [0.2, 0.25) is 5.91 Å². The highest BCUT2D eigenvalue weighted by atomic mass is 16.2. The van der Waals surface area contributed by atoms with Crippen LogP contribution in [0.1, 0.15) is 38.8 Å². The predicted octanol–water partition coefficient (Wildman–Crippen LogP) is 2.87. The van der Waals surface area contributed by atoms with Crippen LogP contribution in [0.5, 0.6) is 0 Å². The summed E-state index contributed by atoms with van der Waals surface area (Å²) in [5.41, 5.74) is 9.01. The Morgan fingerprint density at radius 2 is 2.00 bits per heavy atom. The Labute approximate surface area is 110 Å². The highest BCUT2D eigenvalue weighted by molar-refractivity contribution is 5.95. The van der Waals surface area contributed by atoms with E-state index in [0.717, 1.165) is 12.1 Å². The van der Waals surface area contributed by atoms with Gasteiger partial charge in [0.25, 0.3) is 0 Å². The lowest BCUT2D eigenvalue weighted by atomic mass is 9.87. The molecule has 3 heteroatoms. The first-order valence-corrected chi connectivity index (χ1v) is 6.41. The molecule has 1 aromatic carbocycles. The van der Waals surface area contributed by atoms with Crippen LogP contribution in [0.25, 0.3) is 0 Å². The van der Waals surface area contributed by atoms with Crippen LogP contribution in [0.2, 0.25) is 0 Å². The van der Waals surface area contributed by atoms with Gasteiger partial charge in [0.1, 0.15) is 0 Å². The van der Waals surface area contributed by atoms with Crippen LogP contribution >= 0.6 is 0 Å². The van der Waals surface area contributed by atoms with Gasteiger partial charge in [-0.1, -0.05) is 33.8 Å². The van der Waals surface area contributed by atoms with Crippen molar-refractivity contribution in [2.24, 2.45) is 11.1 Å². The minimum absolute atomic E-state index is 0.131. The van der Waals surface area contributed by atoms with Crippen LogP contribution < -0.4 is 11.1 Å². The Morgan fingerprint density at radius 1 is 1.39 bits per heavy atom. The standard InChI is InChI=1S/C15H24N2O/c1-6-11-9-12(8-7-10(11)2)17-14(18)13(16)15(3,4)5/h7-9,13H,6,16H2,1-5H3,(H,17,18)/t13-/m1/s1. The number of rotatable bonds is 3. The lowest BCUT2D eigenvalue weighted by molar-refractivity contribution is -0.119. The van der Waals surface area contributed by atoms with Crippen molar-refractivity contribution in [3.05, 3.63) is 29.3 Å². The van der Waals surface area contributed by atoms with Crippen molar-refractivity contribution < 1.29 is 4.79 Å². The van der Waals surface area contributed by atoms with E-state index in [0.29, 0.717) is 0 Å². The van der Waals surface area contributed by atoms with E-state index in [-0.39, 0.29) is 11.3 Å². The smallest absolute Gasteiger partial charge is 0.241 e. The third-order valence-corrected chi connectivity index (χ3v) is 3.21. The van der Waals surface area contributed by atoms with Crippen molar-refractivity contribution in [2.75, 3.05) is 5.32 Å². The molecule has 0 aliphatic carbocycles. The average molecular weight is 248 g/mol. The molecule has 0 spiro atoms. The quantitative estimate of drug-likeness (QED) is 0.864. The van der Waals surface area contributed by atoms with Gasteiger partial charge in [0, 0.05) is 5.69 Å². The zero-order chi connectivity index (χ0) is 13.9. The number of benzene rings is 1. The van der Waals surface area contributed by atoms with E-state index in [1.165, 1.54) is 11.1 Å². The van der Waals surface area contributed by atoms with E-state index in [2.05, 4.69) is 19.2 Å². The number of anilines is 1. The van der Waals surface area contributed by atoms with Gasteiger partial charge >= 0.3 is 0 Å². The Balaban J connectivity index is 2.82. The summed E-state index contributed by atoms with van der Waals surface area (Å²) in [7, 11) is 0. The maximum Gasteiger partial charge on any atom is 0.241 e. The molecule has 0 bridgehead atoms. The third-order valence-electron chi connectivity index (χ3n) is 3.21. The molecular weight excluding hydrogens is 224 g/mol. The van der Waals surface area contributed by atoms with Gasteiger partial charge in [-0.3, -0.25) is 4.79 Å². The van der Waals surface area contributed by atoms with Crippen LogP contribution in [0, 0.1) is 12.3 Å². The molecule has 1 atom stereocenters. The maximum absolute atomic E-state index is 12.0. The van der Waals surface area contributed by atoms with Gasteiger partial charge in [-0.2, -0.15) is 0 Å². The van der Waals surface area contributed by atoms with Crippen molar-refractivity contribution >= 4 is 11.6 Å². The van der Waals surface area contributed by atoms with Crippen LogP contribution in [-0.2, 0) is 11.2 Å². The second-order valence-corrected chi connectivity index (χ2v) is 5.83. The molecule has 1 rings (SSSR count). The molecule has 3 nitrogen and oxygen atoms in total. The minimum Gasteiger partial charge on any atom is -0.325 e. The van der Waals surface area contributed by atoms with E-state index in [9.17, 15) is 4.79 Å². The largest absolute Gasteiger partial charge is 0.325 e. The number of amides is 1. The molecule has 0 aliphatic rings. The Kier molecular flexibility index (Phi) is 4.52. The number of aryl methyl sites for hydroxylation is 2. The number of nitrogens with one attached hydrogen (secondary N) is 1. The lowest BCUT2D eigenvalue weighted by Crippen LogP contribution is -2.45. The topological polar surface area (TPSA) is 55.1 Å². The minimum atomic E-state index is -0.510. The molecule has 1 amide bonds. The van der Waals surface area contributed by atoms with Gasteiger partial charge in [0.15, 0.2) is 0 Å². The highest BCUT2D eigenvalue weighted by Crippen LogP contribution is 2.20. The van der Waals surface area contributed by atoms with Crippen molar-refractivity contribution in [2.45, 2.75) is 47.1 Å². The maximum atomic E-state index is 12.0. The molecule has 0 saturated heterocycles. The SMILES string of the molecule is CCc1cc(NC(=O)[C@@H](N)C(C)(C)C)ccc1C. The zero-order valence-electron chi connectivity index (χ0n) is 12.0. The third kappa shape index (κ3) is 3.57. The molecule has 0 unspecified atom stereocenters. The highest BCUT2D eigenvalue weighted by Gasteiger charge is 2.27. The first-order valence-electron chi connectivity index (χ1n) is 6.41. The first kappa shape index (κ1) is 14.7. The monoisotopic (exact) mass is 248 g/mol. The summed E-state index contributed by atoms with van der Waals surface area (Å²) in [5.74, 6) is -0.131. The van der Waals surface area contributed by atoms with Gasteiger partial charge in [-0.25, -0.2) is 0 Å². The Bertz CT molecular complexity index is 433. The second kappa shape index (κ2) is 5.53. The normalized spacial score (nSPS) is 13.2. The zero-order valence-corrected chi connectivity index (χ0v) is 12.0. The molecule has 0 heterocycles. The fourth-order valence-electron chi connectivity index (χ4n) is 1.74. The van der Waals surface area contributed by atoms with Crippen LogP contribution in [-0.4, -0.2) is 11.9 Å².